The van der Waals surface area contributed by atoms with Gasteiger partial charge in [0.25, 0.3) is 0 Å². The van der Waals surface area contributed by atoms with Gasteiger partial charge in [-0.25, -0.2) is 0 Å². The Morgan fingerprint density at radius 1 is 1.50 bits per heavy atom. The molecule has 0 unspecified atom stereocenters. The van der Waals surface area contributed by atoms with Crippen LogP contribution in [0.25, 0.3) is 0 Å². The normalized spacial score (nSPS) is 16.9. The lowest BCUT2D eigenvalue weighted by atomic mass is 9.89. The summed E-state index contributed by atoms with van der Waals surface area (Å²) in [5, 5.41) is 2.96. The van der Waals surface area contributed by atoms with E-state index in [9.17, 15) is 4.79 Å². The van der Waals surface area contributed by atoms with Crippen LogP contribution in [0.5, 0.6) is 0 Å². The second kappa shape index (κ2) is 5.40. The number of anilines is 1. The summed E-state index contributed by atoms with van der Waals surface area (Å²) in [7, 11) is 0. The van der Waals surface area contributed by atoms with Crippen LogP contribution >= 0.6 is 0 Å². The number of nitrogen functional groups attached to an aromatic ring is 1. The average Bonchev–Trinajstić information content (AvgIpc) is 2.31. The molecule has 1 aliphatic rings. The lowest BCUT2D eigenvalue weighted by Gasteiger charge is -2.38. The maximum Gasteiger partial charge on any atom is 0.220 e. The Kier molecular flexibility index (Phi) is 3.87. The lowest BCUT2D eigenvalue weighted by molar-refractivity contribution is -0.126. The molecule has 0 radical (unpaired) electrons. The highest BCUT2D eigenvalue weighted by atomic mass is 16.5. The summed E-state index contributed by atoms with van der Waals surface area (Å²) >= 11 is 0. The fourth-order valence-electron chi connectivity index (χ4n) is 1.96. The topological polar surface area (TPSA) is 64.4 Å². The molecular weight excluding hydrogens is 228 g/mol. The van der Waals surface area contributed by atoms with Crippen molar-refractivity contribution in [2.45, 2.75) is 19.8 Å². The van der Waals surface area contributed by atoms with E-state index >= 15 is 0 Å². The number of carbonyl (C=O) groups excluding carboxylic acids is 1. The molecule has 1 saturated heterocycles. The van der Waals surface area contributed by atoms with Gasteiger partial charge in [0.2, 0.25) is 5.91 Å². The SMILES string of the molecule is CC1(CNC(=O)CCc2cccc(N)c2)COC1. The number of amides is 1. The van der Waals surface area contributed by atoms with E-state index < -0.39 is 0 Å². The highest BCUT2D eigenvalue weighted by Crippen LogP contribution is 2.25. The predicted molar refractivity (Wildman–Crippen MR) is 71.1 cm³/mol. The third-order valence-corrected chi connectivity index (χ3v) is 3.21. The van der Waals surface area contributed by atoms with Gasteiger partial charge in [0.1, 0.15) is 0 Å². The number of hydrogen-bond acceptors (Lipinski definition) is 3. The largest absolute Gasteiger partial charge is 0.399 e. The Hall–Kier alpha value is -1.55. The fraction of sp³-hybridized carbons (Fsp3) is 0.500. The van der Waals surface area contributed by atoms with E-state index in [4.69, 9.17) is 10.5 Å². The van der Waals surface area contributed by atoms with Crippen molar-refractivity contribution in [3.63, 3.8) is 0 Å². The maximum atomic E-state index is 11.7. The summed E-state index contributed by atoms with van der Waals surface area (Å²) in [6.07, 6.45) is 1.23. The standard InChI is InChI=1S/C14H20N2O2/c1-14(9-18-10-14)8-16-13(17)6-5-11-3-2-4-12(15)7-11/h2-4,7H,5-6,8-10,15H2,1H3,(H,16,17). The summed E-state index contributed by atoms with van der Waals surface area (Å²) in [6, 6.07) is 7.66. The quantitative estimate of drug-likeness (QED) is 0.773. The van der Waals surface area contributed by atoms with Gasteiger partial charge in [-0.3, -0.25) is 4.79 Å². The summed E-state index contributed by atoms with van der Waals surface area (Å²) in [6.45, 7) is 4.29. The van der Waals surface area contributed by atoms with Crippen LogP contribution in [0.3, 0.4) is 0 Å². The van der Waals surface area contributed by atoms with Gasteiger partial charge in [-0.05, 0) is 24.1 Å². The molecule has 4 heteroatoms. The zero-order valence-electron chi connectivity index (χ0n) is 10.7. The van der Waals surface area contributed by atoms with Gasteiger partial charge >= 0.3 is 0 Å². The van der Waals surface area contributed by atoms with Gasteiger partial charge in [0, 0.05) is 24.1 Å². The van der Waals surface area contributed by atoms with Crippen LogP contribution in [0.15, 0.2) is 24.3 Å². The molecule has 1 aromatic rings. The third-order valence-electron chi connectivity index (χ3n) is 3.21. The molecule has 1 fully saturated rings. The molecule has 1 aliphatic heterocycles. The van der Waals surface area contributed by atoms with E-state index in [2.05, 4.69) is 12.2 Å². The first kappa shape index (κ1) is 12.9. The van der Waals surface area contributed by atoms with Crippen LogP contribution in [-0.2, 0) is 16.0 Å². The Morgan fingerprint density at radius 3 is 2.89 bits per heavy atom. The number of nitrogens with one attached hydrogen (secondary N) is 1. The lowest BCUT2D eigenvalue weighted by Crippen LogP contribution is -2.48. The molecule has 0 spiro atoms. The van der Waals surface area contributed by atoms with Crippen molar-refractivity contribution in [2.75, 3.05) is 25.5 Å². The smallest absolute Gasteiger partial charge is 0.220 e. The number of benzene rings is 1. The minimum atomic E-state index is 0.0885. The Bertz CT molecular complexity index is 428. The van der Waals surface area contributed by atoms with Crippen molar-refractivity contribution in [3.8, 4) is 0 Å². The van der Waals surface area contributed by atoms with Crippen LogP contribution < -0.4 is 11.1 Å². The van der Waals surface area contributed by atoms with E-state index in [0.29, 0.717) is 13.0 Å². The Balaban J connectivity index is 1.71. The fourth-order valence-corrected chi connectivity index (χ4v) is 1.96. The molecule has 3 N–H and O–H groups in total. The first-order chi connectivity index (χ1) is 8.57. The number of aryl methyl sites for hydroxylation is 1. The van der Waals surface area contributed by atoms with Crippen LogP contribution in [-0.4, -0.2) is 25.7 Å². The molecule has 4 nitrogen and oxygen atoms in total. The summed E-state index contributed by atoms with van der Waals surface area (Å²) in [5.41, 5.74) is 7.67. The monoisotopic (exact) mass is 248 g/mol. The Labute approximate surface area is 108 Å². The van der Waals surface area contributed by atoms with Gasteiger partial charge in [-0.1, -0.05) is 19.1 Å². The number of rotatable bonds is 5. The third kappa shape index (κ3) is 3.47. The number of ether oxygens (including phenoxy) is 1. The minimum Gasteiger partial charge on any atom is -0.399 e. The molecular formula is C14H20N2O2. The van der Waals surface area contributed by atoms with Crippen molar-refractivity contribution in [1.29, 1.82) is 0 Å². The van der Waals surface area contributed by atoms with Gasteiger partial charge in [0.05, 0.1) is 13.2 Å². The van der Waals surface area contributed by atoms with Crippen molar-refractivity contribution >= 4 is 11.6 Å². The molecule has 1 amide bonds. The zero-order valence-corrected chi connectivity index (χ0v) is 10.7. The van der Waals surface area contributed by atoms with E-state index in [0.717, 1.165) is 30.9 Å². The molecule has 2 rings (SSSR count). The number of nitrogens with two attached hydrogens (primary N) is 1. The highest BCUT2D eigenvalue weighted by molar-refractivity contribution is 5.76. The zero-order chi connectivity index (χ0) is 13.0. The number of carbonyl (C=O) groups is 1. The predicted octanol–water partition coefficient (Wildman–Crippen LogP) is 1.35. The molecule has 0 atom stereocenters. The first-order valence-corrected chi connectivity index (χ1v) is 6.26. The highest BCUT2D eigenvalue weighted by Gasteiger charge is 2.33. The second-order valence-electron chi connectivity index (χ2n) is 5.33. The van der Waals surface area contributed by atoms with E-state index in [-0.39, 0.29) is 11.3 Å². The molecule has 18 heavy (non-hydrogen) atoms. The van der Waals surface area contributed by atoms with E-state index in [1.54, 1.807) is 0 Å². The van der Waals surface area contributed by atoms with Crippen LogP contribution in [0.2, 0.25) is 0 Å². The average molecular weight is 248 g/mol. The first-order valence-electron chi connectivity index (χ1n) is 6.26. The molecule has 0 aliphatic carbocycles. The number of hydrogen-bond donors (Lipinski definition) is 2. The van der Waals surface area contributed by atoms with Crippen LogP contribution in [0.4, 0.5) is 5.69 Å². The molecule has 0 bridgehead atoms. The van der Waals surface area contributed by atoms with Crippen molar-refractivity contribution in [2.24, 2.45) is 5.41 Å². The van der Waals surface area contributed by atoms with Crippen molar-refractivity contribution in [1.82, 2.24) is 5.32 Å². The Morgan fingerprint density at radius 2 is 2.28 bits per heavy atom. The van der Waals surface area contributed by atoms with Gasteiger partial charge in [0.15, 0.2) is 0 Å². The van der Waals surface area contributed by atoms with Crippen molar-refractivity contribution in [3.05, 3.63) is 29.8 Å². The van der Waals surface area contributed by atoms with Crippen molar-refractivity contribution < 1.29 is 9.53 Å². The molecule has 1 aromatic carbocycles. The maximum absolute atomic E-state index is 11.7. The summed E-state index contributed by atoms with van der Waals surface area (Å²) in [5.74, 6) is 0.0885. The molecule has 0 aromatic heterocycles. The second-order valence-corrected chi connectivity index (χ2v) is 5.33. The summed E-state index contributed by atoms with van der Waals surface area (Å²) in [4.78, 5) is 11.7. The van der Waals surface area contributed by atoms with Gasteiger partial charge in [-0.2, -0.15) is 0 Å². The molecule has 98 valence electrons. The van der Waals surface area contributed by atoms with Crippen LogP contribution in [0.1, 0.15) is 18.9 Å². The van der Waals surface area contributed by atoms with E-state index in [1.807, 2.05) is 24.3 Å². The van der Waals surface area contributed by atoms with Gasteiger partial charge < -0.3 is 15.8 Å². The minimum absolute atomic E-state index is 0.0885. The summed E-state index contributed by atoms with van der Waals surface area (Å²) < 4.78 is 5.15. The molecule has 0 saturated carbocycles. The molecule has 1 heterocycles. The van der Waals surface area contributed by atoms with Gasteiger partial charge in [-0.15, -0.1) is 0 Å². The van der Waals surface area contributed by atoms with E-state index in [1.165, 1.54) is 0 Å². The van der Waals surface area contributed by atoms with Crippen LogP contribution in [0, 0.1) is 5.41 Å².